The lowest BCUT2D eigenvalue weighted by molar-refractivity contribution is 0.523. The summed E-state index contributed by atoms with van der Waals surface area (Å²) < 4.78 is 6.14. The Bertz CT molecular complexity index is 458. The first-order chi connectivity index (χ1) is 7.08. The minimum absolute atomic E-state index is 0.0150. The highest BCUT2D eigenvalue weighted by Gasteiger charge is 2.17. The summed E-state index contributed by atoms with van der Waals surface area (Å²) in [6.07, 6.45) is 0. The molecule has 0 radical (unpaired) electrons. The quantitative estimate of drug-likeness (QED) is 0.670. The van der Waals surface area contributed by atoms with Crippen molar-refractivity contribution in [3.8, 4) is 0 Å². The van der Waals surface area contributed by atoms with Crippen molar-refractivity contribution >= 4 is 50.5 Å². The van der Waals surface area contributed by atoms with Crippen molar-refractivity contribution in [1.82, 2.24) is 0 Å². The molecule has 0 saturated carbocycles. The lowest BCUT2D eigenvalue weighted by Crippen LogP contribution is -1.85. The van der Waals surface area contributed by atoms with E-state index in [0.29, 0.717) is 5.22 Å². The van der Waals surface area contributed by atoms with Gasteiger partial charge in [-0.15, -0.1) is 11.3 Å². The number of rotatable bonds is 2. The lowest BCUT2D eigenvalue weighted by atomic mass is 10.2. The molecular formula is C10H7BrCl2OS. The Kier molecular flexibility index (Phi) is 3.45. The second-order valence-corrected chi connectivity index (χ2v) is 6.08. The van der Waals surface area contributed by atoms with E-state index in [-0.39, 0.29) is 4.83 Å². The molecule has 1 unspecified atom stereocenters. The molecule has 80 valence electrons. The standard InChI is InChI=1S/C10H7BrCl2OS/c1-5-4-7(15-10(5)13)9(11)6-2-3-8(12)14-6/h2-4,9H,1H3. The van der Waals surface area contributed by atoms with Crippen molar-refractivity contribution < 1.29 is 4.42 Å². The SMILES string of the molecule is Cc1cc(C(Br)c2ccc(Cl)o2)sc1Cl. The first-order valence-corrected chi connectivity index (χ1v) is 6.72. The van der Waals surface area contributed by atoms with Crippen molar-refractivity contribution in [2.45, 2.75) is 11.8 Å². The summed E-state index contributed by atoms with van der Waals surface area (Å²) in [5.74, 6) is 0.790. The van der Waals surface area contributed by atoms with E-state index >= 15 is 0 Å². The third kappa shape index (κ3) is 2.41. The second-order valence-electron chi connectivity index (χ2n) is 3.11. The van der Waals surface area contributed by atoms with E-state index in [0.717, 1.165) is 20.5 Å². The number of thiophene rings is 1. The Morgan fingerprint density at radius 1 is 1.40 bits per heavy atom. The fourth-order valence-electron chi connectivity index (χ4n) is 1.21. The van der Waals surface area contributed by atoms with E-state index in [4.69, 9.17) is 27.6 Å². The van der Waals surface area contributed by atoms with Gasteiger partial charge in [-0.05, 0) is 42.3 Å². The molecule has 0 bridgehead atoms. The number of halogens is 3. The third-order valence-corrected chi connectivity index (χ3v) is 5.04. The molecule has 5 heteroatoms. The van der Waals surface area contributed by atoms with E-state index in [1.54, 1.807) is 17.4 Å². The van der Waals surface area contributed by atoms with E-state index in [2.05, 4.69) is 15.9 Å². The number of alkyl halides is 1. The van der Waals surface area contributed by atoms with Crippen molar-refractivity contribution in [2.75, 3.05) is 0 Å². The average molecular weight is 326 g/mol. The zero-order chi connectivity index (χ0) is 11.0. The predicted octanol–water partition coefficient (Wildman–Crippen LogP) is 5.44. The monoisotopic (exact) mass is 324 g/mol. The van der Waals surface area contributed by atoms with Crippen LogP contribution in [0.15, 0.2) is 22.6 Å². The molecule has 0 spiro atoms. The summed E-state index contributed by atoms with van der Waals surface area (Å²) in [4.78, 5) is 1.13. The average Bonchev–Trinajstić information content (AvgIpc) is 2.74. The number of furan rings is 1. The van der Waals surface area contributed by atoms with Gasteiger partial charge in [0.05, 0.1) is 4.34 Å². The molecule has 1 atom stereocenters. The molecule has 0 aliphatic carbocycles. The summed E-state index contributed by atoms with van der Waals surface area (Å²) in [6, 6.07) is 5.63. The maximum Gasteiger partial charge on any atom is 0.193 e. The van der Waals surface area contributed by atoms with Crippen LogP contribution < -0.4 is 0 Å². The Morgan fingerprint density at radius 3 is 2.60 bits per heavy atom. The minimum atomic E-state index is 0.0150. The van der Waals surface area contributed by atoms with Crippen molar-refractivity contribution in [2.24, 2.45) is 0 Å². The third-order valence-electron chi connectivity index (χ3n) is 1.97. The van der Waals surface area contributed by atoms with Crippen LogP contribution in [0.1, 0.15) is 21.0 Å². The largest absolute Gasteiger partial charge is 0.448 e. The van der Waals surface area contributed by atoms with Crippen LogP contribution >= 0.6 is 50.5 Å². The summed E-state index contributed by atoms with van der Waals surface area (Å²) in [6.45, 7) is 1.98. The number of hydrogen-bond donors (Lipinski definition) is 0. The van der Waals surface area contributed by atoms with Crippen molar-refractivity contribution in [1.29, 1.82) is 0 Å². The molecule has 0 fully saturated rings. The first kappa shape index (κ1) is 11.5. The predicted molar refractivity (Wildman–Crippen MR) is 68.6 cm³/mol. The van der Waals surface area contributed by atoms with Gasteiger partial charge in [-0.2, -0.15) is 0 Å². The molecule has 2 aromatic rings. The minimum Gasteiger partial charge on any atom is -0.448 e. The molecule has 2 rings (SSSR count). The summed E-state index contributed by atoms with van der Waals surface area (Å²) >= 11 is 16.8. The van der Waals surface area contributed by atoms with Crippen molar-refractivity contribution in [3.63, 3.8) is 0 Å². The molecule has 2 heterocycles. The van der Waals surface area contributed by atoms with Gasteiger partial charge < -0.3 is 4.42 Å². The Hall–Kier alpha value is 0.0400. The second kappa shape index (κ2) is 4.50. The fourth-order valence-corrected chi connectivity index (χ4v) is 3.23. The van der Waals surface area contributed by atoms with Crippen LogP contribution in [-0.4, -0.2) is 0 Å². The van der Waals surface area contributed by atoms with E-state index in [9.17, 15) is 0 Å². The van der Waals surface area contributed by atoms with Gasteiger partial charge in [0, 0.05) is 4.88 Å². The van der Waals surface area contributed by atoms with Gasteiger partial charge >= 0.3 is 0 Å². The van der Waals surface area contributed by atoms with Crippen LogP contribution in [0, 0.1) is 6.92 Å². The number of hydrogen-bond acceptors (Lipinski definition) is 2. The molecule has 0 aliphatic rings. The lowest BCUT2D eigenvalue weighted by Gasteiger charge is -2.02. The van der Waals surface area contributed by atoms with E-state index in [1.807, 2.05) is 19.1 Å². The maximum atomic E-state index is 6.01. The van der Waals surface area contributed by atoms with Gasteiger partial charge in [0.2, 0.25) is 0 Å². The van der Waals surface area contributed by atoms with Crippen LogP contribution in [0.2, 0.25) is 9.56 Å². The van der Waals surface area contributed by atoms with Crippen LogP contribution in [0.25, 0.3) is 0 Å². The van der Waals surface area contributed by atoms with Crippen LogP contribution in [0.4, 0.5) is 0 Å². The first-order valence-electron chi connectivity index (χ1n) is 4.23. The van der Waals surface area contributed by atoms with E-state index in [1.165, 1.54) is 0 Å². The van der Waals surface area contributed by atoms with E-state index < -0.39 is 0 Å². The highest BCUT2D eigenvalue weighted by atomic mass is 79.9. The zero-order valence-corrected chi connectivity index (χ0v) is 11.7. The highest BCUT2D eigenvalue weighted by Crippen LogP contribution is 2.39. The van der Waals surface area contributed by atoms with Gasteiger partial charge in [0.25, 0.3) is 0 Å². The summed E-state index contributed by atoms with van der Waals surface area (Å²) in [5, 5.41) is 0.397. The summed E-state index contributed by atoms with van der Waals surface area (Å²) in [7, 11) is 0. The van der Waals surface area contributed by atoms with Gasteiger partial charge in [-0.25, -0.2) is 0 Å². The fraction of sp³-hybridized carbons (Fsp3) is 0.200. The molecule has 1 nitrogen and oxygen atoms in total. The van der Waals surface area contributed by atoms with Gasteiger partial charge in [-0.3, -0.25) is 0 Å². The topological polar surface area (TPSA) is 13.1 Å². The molecule has 0 aliphatic heterocycles. The molecule has 0 amide bonds. The highest BCUT2D eigenvalue weighted by molar-refractivity contribution is 9.09. The van der Waals surface area contributed by atoms with Gasteiger partial charge in [0.1, 0.15) is 10.6 Å². The van der Waals surface area contributed by atoms with Crippen LogP contribution in [-0.2, 0) is 0 Å². The molecule has 15 heavy (non-hydrogen) atoms. The molecular weight excluding hydrogens is 319 g/mol. The Morgan fingerprint density at radius 2 is 2.13 bits per heavy atom. The number of aryl methyl sites for hydroxylation is 1. The molecule has 2 aromatic heterocycles. The van der Waals surface area contributed by atoms with Crippen molar-refractivity contribution in [3.05, 3.63) is 44.0 Å². The molecule has 0 aromatic carbocycles. The van der Waals surface area contributed by atoms with Crippen LogP contribution in [0.3, 0.4) is 0 Å². The van der Waals surface area contributed by atoms with Gasteiger partial charge in [-0.1, -0.05) is 27.5 Å². The normalized spacial score (nSPS) is 13.1. The van der Waals surface area contributed by atoms with Gasteiger partial charge in [0.15, 0.2) is 5.22 Å². The molecule has 0 saturated heterocycles. The van der Waals surface area contributed by atoms with Crippen LogP contribution in [0.5, 0.6) is 0 Å². The molecule has 0 N–H and O–H groups in total. The maximum absolute atomic E-state index is 6.01. The Balaban J connectivity index is 2.31. The smallest absolute Gasteiger partial charge is 0.193 e. The summed E-state index contributed by atoms with van der Waals surface area (Å²) in [5.41, 5.74) is 1.08. The Labute approximate surface area is 110 Å². The zero-order valence-electron chi connectivity index (χ0n) is 7.76.